The predicted molar refractivity (Wildman–Crippen MR) is 94.0 cm³/mol. The van der Waals surface area contributed by atoms with Crippen molar-refractivity contribution in [3.8, 4) is 11.5 Å². The highest BCUT2D eigenvalue weighted by atomic mass is 16.5. The number of anilines is 1. The van der Waals surface area contributed by atoms with Crippen LogP contribution in [0.4, 0.5) is 5.69 Å². The van der Waals surface area contributed by atoms with Crippen molar-refractivity contribution < 1.29 is 14.3 Å². The summed E-state index contributed by atoms with van der Waals surface area (Å²) < 4.78 is 10.6. The second-order valence-electron chi connectivity index (χ2n) is 5.94. The second-order valence-corrected chi connectivity index (χ2v) is 5.94. The van der Waals surface area contributed by atoms with Crippen LogP contribution in [0.5, 0.6) is 11.5 Å². The number of H-pyrrole nitrogens is 1. The number of nitrogens with one attached hydrogen (secondary N) is 1. The quantitative estimate of drug-likeness (QED) is 0.882. The van der Waals surface area contributed by atoms with E-state index in [1.807, 2.05) is 32.9 Å². The monoisotopic (exact) mass is 331 g/mol. The van der Waals surface area contributed by atoms with Crippen LogP contribution in [0.1, 0.15) is 36.2 Å². The molecule has 6 heteroatoms. The van der Waals surface area contributed by atoms with Crippen molar-refractivity contribution in [2.45, 2.75) is 33.1 Å². The number of amides is 1. The van der Waals surface area contributed by atoms with Crippen molar-refractivity contribution in [1.82, 2.24) is 10.2 Å². The van der Waals surface area contributed by atoms with Gasteiger partial charge in [-0.25, -0.2) is 0 Å². The lowest BCUT2D eigenvalue weighted by molar-refractivity contribution is -0.118. The van der Waals surface area contributed by atoms with Crippen LogP contribution in [-0.4, -0.2) is 37.4 Å². The Bertz CT molecular complexity index is 705. The molecule has 0 aliphatic rings. The predicted octanol–water partition coefficient (Wildman–Crippen LogP) is 3.20. The van der Waals surface area contributed by atoms with E-state index in [4.69, 9.17) is 9.47 Å². The first-order valence-corrected chi connectivity index (χ1v) is 7.89. The van der Waals surface area contributed by atoms with E-state index in [9.17, 15) is 4.79 Å². The van der Waals surface area contributed by atoms with E-state index in [1.165, 1.54) is 0 Å². The van der Waals surface area contributed by atoms with Gasteiger partial charge in [-0.1, -0.05) is 6.92 Å². The zero-order chi connectivity index (χ0) is 17.9. The molecule has 0 saturated carbocycles. The van der Waals surface area contributed by atoms with Gasteiger partial charge in [0.15, 0.2) is 0 Å². The molecule has 0 bridgehead atoms. The maximum Gasteiger partial charge on any atom is 0.227 e. The first kappa shape index (κ1) is 17.8. The zero-order valence-corrected chi connectivity index (χ0v) is 15.1. The number of aryl methyl sites for hydroxylation is 2. The smallest absolute Gasteiger partial charge is 0.227 e. The topological polar surface area (TPSA) is 67.5 Å². The van der Waals surface area contributed by atoms with Gasteiger partial charge in [-0.3, -0.25) is 9.89 Å². The fraction of sp³-hybridized carbons (Fsp3) is 0.444. The number of ether oxygens (including phenoxy) is 2. The highest BCUT2D eigenvalue weighted by Gasteiger charge is 2.22. The molecule has 1 atom stereocenters. The van der Waals surface area contributed by atoms with Crippen LogP contribution < -0.4 is 14.4 Å². The molecule has 0 unspecified atom stereocenters. The summed E-state index contributed by atoms with van der Waals surface area (Å²) >= 11 is 0. The minimum absolute atomic E-state index is 0.0194. The third-order valence-corrected chi connectivity index (χ3v) is 4.28. The van der Waals surface area contributed by atoms with E-state index in [2.05, 4.69) is 10.2 Å². The molecule has 1 N–H and O–H groups in total. The summed E-state index contributed by atoms with van der Waals surface area (Å²) in [5.74, 6) is 1.40. The lowest BCUT2D eigenvalue weighted by Gasteiger charge is -2.22. The summed E-state index contributed by atoms with van der Waals surface area (Å²) in [6, 6.07) is 5.41. The third-order valence-electron chi connectivity index (χ3n) is 4.28. The van der Waals surface area contributed by atoms with Gasteiger partial charge >= 0.3 is 0 Å². The van der Waals surface area contributed by atoms with Gasteiger partial charge in [0, 0.05) is 25.2 Å². The molecule has 2 rings (SSSR count). The van der Waals surface area contributed by atoms with Gasteiger partial charge in [0.2, 0.25) is 5.91 Å². The summed E-state index contributed by atoms with van der Waals surface area (Å²) in [6.45, 7) is 5.98. The van der Waals surface area contributed by atoms with Crippen LogP contribution in [0.25, 0.3) is 0 Å². The maximum atomic E-state index is 12.7. The Labute approximate surface area is 142 Å². The number of benzene rings is 1. The van der Waals surface area contributed by atoms with Crippen molar-refractivity contribution in [2.75, 3.05) is 26.2 Å². The zero-order valence-electron chi connectivity index (χ0n) is 15.1. The van der Waals surface area contributed by atoms with Crippen molar-refractivity contribution in [2.24, 2.45) is 0 Å². The second kappa shape index (κ2) is 7.38. The normalized spacial score (nSPS) is 11.9. The lowest BCUT2D eigenvalue weighted by atomic mass is 9.95. The Kier molecular flexibility index (Phi) is 5.49. The molecule has 0 aliphatic heterocycles. The number of aromatic amines is 1. The van der Waals surface area contributed by atoms with Crippen molar-refractivity contribution in [1.29, 1.82) is 0 Å². The van der Waals surface area contributed by atoms with Crippen molar-refractivity contribution in [3.05, 3.63) is 35.2 Å². The molecule has 130 valence electrons. The van der Waals surface area contributed by atoms with Crippen molar-refractivity contribution >= 4 is 11.6 Å². The van der Waals surface area contributed by atoms with Crippen LogP contribution in [0.3, 0.4) is 0 Å². The molecule has 0 fully saturated rings. The molecule has 0 spiro atoms. The number of hydrogen-bond donors (Lipinski definition) is 1. The highest BCUT2D eigenvalue weighted by molar-refractivity contribution is 5.95. The van der Waals surface area contributed by atoms with E-state index in [-0.39, 0.29) is 11.8 Å². The summed E-state index contributed by atoms with van der Waals surface area (Å²) in [4.78, 5) is 14.3. The lowest BCUT2D eigenvalue weighted by Crippen LogP contribution is -2.27. The average molecular weight is 331 g/mol. The van der Waals surface area contributed by atoms with E-state index >= 15 is 0 Å². The van der Waals surface area contributed by atoms with Gasteiger partial charge in [-0.05, 0) is 37.5 Å². The van der Waals surface area contributed by atoms with Gasteiger partial charge < -0.3 is 14.4 Å². The van der Waals surface area contributed by atoms with Crippen LogP contribution in [0.15, 0.2) is 18.2 Å². The number of methoxy groups -OCH3 is 2. The van der Waals surface area contributed by atoms with Crippen LogP contribution in [0, 0.1) is 13.8 Å². The van der Waals surface area contributed by atoms with E-state index < -0.39 is 0 Å². The minimum Gasteiger partial charge on any atom is -0.497 e. The minimum atomic E-state index is 0.0194. The molecule has 1 aromatic carbocycles. The van der Waals surface area contributed by atoms with Crippen LogP contribution in [-0.2, 0) is 4.79 Å². The van der Waals surface area contributed by atoms with E-state index in [0.29, 0.717) is 17.9 Å². The molecule has 2 aromatic rings. The largest absolute Gasteiger partial charge is 0.497 e. The van der Waals surface area contributed by atoms with Gasteiger partial charge in [-0.2, -0.15) is 5.10 Å². The molecule has 0 aliphatic carbocycles. The number of rotatable bonds is 6. The Morgan fingerprint density at radius 3 is 2.54 bits per heavy atom. The molecular formula is C18H25N3O3. The molecule has 1 amide bonds. The number of hydrogen-bond acceptors (Lipinski definition) is 4. The SMILES string of the molecule is COc1ccc(N(C)C(=O)C[C@H](C)c2c(C)n[nH]c2C)c(OC)c1. The Morgan fingerprint density at radius 2 is 2.00 bits per heavy atom. The summed E-state index contributed by atoms with van der Waals surface area (Å²) in [6.07, 6.45) is 0.396. The standard InChI is InChI=1S/C18H25N3O3/c1-11(18-12(2)19-20-13(18)3)9-17(22)21(4)15-8-7-14(23-5)10-16(15)24-6/h7-8,10-11H,9H2,1-6H3,(H,19,20)/t11-/m0/s1. The molecule has 6 nitrogen and oxygen atoms in total. The number of carbonyl (C=O) groups is 1. The molecule has 1 heterocycles. The molecule has 0 saturated heterocycles. The maximum absolute atomic E-state index is 12.7. The molecule has 24 heavy (non-hydrogen) atoms. The van der Waals surface area contributed by atoms with Gasteiger partial charge in [-0.15, -0.1) is 0 Å². The number of aromatic nitrogens is 2. The fourth-order valence-corrected chi connectivity index (χ4v) is 2.98. The van der Waals surface area contributed by atoms with Crippen LogP contribution in [0.2, 0.25) is 0 Å². The summed E-state index contributed by atoms with van der Waals surface area (Å²) in [5.41, 5.74) is 3.78. The Morgan fingerprint density at radius 1 is 1.29 bits per heavy atom. The fourth-order valence-electron chi connectivity index (χ4n) is 2.98. The Balaban J connectivity index is 2.18. The number of nitrogens with zero attached hydrogens (tertiary/aromatic N) is 2. The third kappa shape index (κ3) is 3.53. The van der Waals surface area contributed by atoms with Gasteiger partial charge in [0.25, 0.3) is 0 Å². The molecule has 0 radical (unpaired) electrons. The van der Waals surface area contributed by atoms with Gasteiger partial charge in [0.1, 0.15) is 11.5 Å². The first-order chi connectivity index (χ1) is 11.4. The van der Waals surface area contributed by atoms with Crippen LogP contribution >= 0.6 is 0 Å². The molecule has 1 aromatic heterocycles. The molecular weight excluding hydrogens is 306 g/mol. The Hall–Kier alpha value is -2.50. The van der Waals surface area contributed by atoms with Gasteiger partial charge in [0.05, 0.1) is 25.6 Å². The van der Waals surface area contributed by atoms with E-state index in [0.717, 1.165) is 22.6 Å². The highest BCUT2D eigenvalue weighted by Crippen LogP contribution is 2.33. The number of carbonyl (C=O) groups excluding carboxylic acids is 1. The average Bonchev–Trinajstić information content (AvgIpc) is 2.92. The van der Waals surface area contributed by atoms with E-state index in [1.54, 1.807) is 32.2 Å². The summed E-state index contributed by atoms with van der Waals surface area (Å²) in [5, 5.41) is 7.18. The first-order valence-electron chi connectivity index (χ1n) is 7.89. The summed E-state index contributed by atoms with van der Waals surface area (Å²) in [7, 11) is 4.94. The van der Waals surface area contributed by atoms with Crippen molar-refractivity contribution in [3.63, 3.8) is 0 Å².